The van der Waals surface area contributed by atoms with Crippen LogP contribution in [0.5, 0.6) is 11.5 Å². The van der Waals surface area contributed by atoms with Gasteiger partial charge in [0.25, 0.3) is 0 Å². The van der Waals surface area contributed by atoms with Gasteiger partial charge in [-0.05, 0) is 36.4 Å². The van der Waals surface area contributed by atoms with Gasteiger partial charge in [0.15, 0.2) is 0 Å². The molecule has 0 aliphatic heterocycles. The Bertz CT molecular complexity index is 723. The van der Waals surface area contributed by atoms with E-state index in [9.17, 15) is 0 Å². The van der Waals surface area contributed by atoms with E-state index in [-0.39, 0.29) is 5.57 Å². The van der Waals surface area contributed by atoms with Gasteiger partial charge in [0, 0.05) is 11.9 Å². The monoisotopic (exact) mass is 295 g/mol. The molecule has 2 aromatic carbocycles. The van der Waals surface area contributed by atoms with Crippen LogP contribution in [0.1, 0.15) is 0 Å². The molecule has 0 atom stereocenters. The Morgan fingerprint density at radius 3 is 2.33 bits per heavy atom. The Morgan fingerprint density at radius 1 is 1.05 bits per heavy atom. The summed E-state index contributed by atoms with van der Waals surface area (Å²) >= 11 is 6.02. The molecule has 0 aromatic heterocycles. The molecule has 0 heterocycles. The predicted octanol–water partition coefficient (Wildman–Crippen LogP) is 4.48. The molecule has 0 saturated carbocycles. The summed E-state index contributed by atoms with van der Waals surface area (Å²) in [6.07, 6.45) is 1.35. The molecule has 21 heavy (non-hydrogen) atoms. The first-order chi connectivity index (χ1) is 10.2. The fraction of sp³-hybridized carbons (Fsp3) is 0. The van der Waals surface area contributed by atoms with Crippen molar-refractivity contribution in [3.05, 3.63) is 65.3 Å². The number of nitrogens with zero attached hydrogens (tertiary/aromatic N) is 2. The summed E-state index contributed by atoms with van der Waals surface area (Å²) in [6, 6.07) is 17.8. The summed E-state index contributed by atoms with van der Waals surface area (Å²) in [7, 11) is 0. The molecule has 0 unspecified atom stereocenters. The van der Waals surface area contributed by atoms with E-state index in [2.05, 4.69) is 5.32 Å². The molecule has 0 spiro atoms. The van der Waals surface area contributed by atoms with Crippen molar-refractivity contribution in [2.45, 2.75) is 0 Å². The number of hydrogen-bond donors (Lipinski definition) is 1. The molecule has 0 amide bonds. The van der Waals surface area contributed by atoms with Crippen LogP contribution in [0.15, 0.2) is 60.3 Å². The number of halogens is 1. The van der Waals surface area contributed by atoms with Crippen LogP contribution >= 0.6 is 11.6 Å². The second kappa shape index (κ2) is 7.00. The van der Waals surface area contributed by atoms with Crippen LogP contribution in [0.4, 0.5) is 5.69 Å². The lowest BCUT2D eigenvalue weighted by molar-refractivity contribution is 0.483. The molecule has 4 nitrogen and oxygen atoms in total. The lowest BCUT2D eigenvalue weighted by Gasteiger charge is -2.08. The normalized spacial score (nSPS) is 9.10. The fourth-order valence-electron chi connectivity index (χ4n) is 1.52. The highest BCUT2D eigenvalue weighted by atomic mass is 35.5. The molecular formula is C16H10ClN3O. The lowest BCUT2D eigenvalue weighted by Crippen LogP contribution is -1.90. The zero-order valence-electron chi connectivity index (χ0n) is 10.9. The predicted molar refractivity (Wildman–Crippen MR) is 80.9 cm³/mol. The van der Waals surface area contributed by atoms with E-state index in [0.717, 1.165) is 5.69 Å². The van der Waals surface area contributed by atoms with Gasteiger partial charge in [-0.2, -0.15) is 10.5 Å². The van der Waals surface area contributed by atoms with Gasteiger partial charge < -0.3 is 10.1 Å². The average molecular weight is 296 g/mol. The smallest absolute Gasteiger partial charge is 0.146 e. The third-order valence-corrected chi connectivity index (χ3v) is 2.86. The minimum absolute atomic E-state index is 0.00592. The molecule has 5 heteroatoms. The van der Waals surface area contributed by atoms with E-state index >= 15 is 0 Å². The highest BCUT2D eigenvalue weighted by Gasteiger charge is 2.01. The third kappa shape index (κ3) is 4.01. The van der Waals surface area contributed by atoms with Crippen molar-refractivity contribution in [2.24, 2.45) is 0 Å². The summed E-state index contributed by atoms with van der Waals surface area (Å²) in [5.74, 6) is 1.22. The Kier molecular flexibility index (Phi) is 4.82. The van der Waals surface area contributed by atoms with Gasteiger partial charge in [-0.25, -0.2) is 0 Å². The first-order valence-corrected chi connectivity index (χ1v) is 6.40. The number of nitrogens with one attached hydrogen (secondary N) is 1. The Balaban J connectivity index is 2.07. The number of para-hydroxylation sites is 1. The number of rotatable bonds is 4. The summed E-state index contributed by atoms with van der Waals surface area (Å²) in [5, 5.41) is 20.6. The molecule has 102 valence electrons. The average Bonchev–Trinajstić information content (AvgIpc) is 2.52. The Hall–Kier alpha value is -2.95. The topological polar surface area (TPSA) is 68.8 Å². The maximum absolute atomic E-state index is 8.62. The molecule has 0 aliphatic carbocycles. The van der Waals surface area contributed by atoms with Gasteiger partial charge >= 0.3 is 0 Å². The second-order valence-corrected chi connectivity index (χ2v) is 4.39. The summed E-state index contributed by atoms with van der Waals surface area (Å²) in [4.78, 5) is 0. The van der Waals surface area contributed by atoms with E-state index in [4.69, 9.17) is 26.9 Å². The summed E-state index contributed by atoms with van der Waals surface area (Å²) in [6.45, 7) is 0. The molecule has 0 saturated heterocycles. The van der Waals surface area contributed by atoms with Crippen molar-refractivity contribution in [1.82, 2.24) is 0 Å². The zero-order chi connectivity index (χ0) is 15.1. The van der Waals surface area contributed by atoms with Crippen LogP contribution in [0, 0.1) is 22.7 Å². The Morgan fingerprint density at radius 2 is 1.71 bits per heavy atom. The van der Waals surface area contributed by atoms with Crippen molar-refractivity contribution >= 4 is 17.3 Å². The van der Waals surface area contributed by atoms with Crippen molar-refractivity contribution in [3.63, 3.8) is 0 Å². The van der Waals surface area contributed by atoms with E-state index in [1.807, 2.05) is 12.1 Å². The molecule has 1 N–H and O–H groups in total. The van der Waals surface area contributed by atoms with Crippen molar-refractivity contribution in [2.75, 3.05) is 5.32 Å². The number of allylic oxidation sites excluding steroid dienone is 1. The molecule has 2 aromatic rings. The number of nitriles is 2. The zero-order valence-corrected chi connectivity index (χ0v) is 11.6. The summed E-state index contributed by atoms with van der Waals surface area (Å²) in [5.41, 5.74) is 0.746. The van der Waals surface area contributed by atoms with Crippen LogP contribution in [-0.2, 0) is 0 Å². The molecule has 0 aliphatic rings. The molecular weight excluding hydrogens is 286 g/mol. The van der Waals surface area contributed by atoms with Crippen molar-refractivity contribution in [3.8, 4) is 23.6 Å². The van der Waals surface area contributed by atoms with Gasteiger partial charge in [0.05, 0.1) is 5.02 Å². The maximum Gasteiger partial charge on any atom is 0.146 e. The van der Waals surface area contributed by atoms with Crippen LogP contribution in [0.3, 0.4) is 0 Å². The fourth-order valence-corrected chi connectivity index (χ4v) is 1.69. The van der Waals surface area contributed by atoms with Crippen LogP contribution in [0.25, 0.3) is 0 Å². The van der Waals surface area contributed by atoms with Crippen LogP contribution in [-0.4, -0.2) is 0 Å². The summed E-state index contributed by atoms with van der Waals surface area (Å²) < 4.78 is 5.65. The Labute approximate surface area is 127 Å². The van der Waals surface area contributed by atoms with E-state index < -0.39 is 0 Å². The number of benzene rings is 2. The second-order valence-electron chi connectivity index (χ2n) is 3.98. The maximum atomic E-state index is 8.62. The standard InChI is InChI=1S/C16H10ClN3O/c17-15-3-1-2-4-16(15)21-14-7-5-13(6-8-14)20-11-12(9-18)10-19/h1-8,11,20H. The van der Waals surface area contributed by atoms with Gasteiger partial charge in [-0.15, -0.1) is 0 Å². The number of ether oxygens (including phenoxy) is 1. The number of hydrogen-bond acceptors (Lipinski definition) is 4. The first kappa shape index (κ1) is 14.5. The molecule has 0 fully saturated rings. The van der Waals surface area contributed by atoms with Crippen molar-refractivity contribution < 1.29 is 4.74 Å². The molecule has 0 radical (unpaired) electrons. The third-order valence-electron chi connectivity index (χ3n) is 2.54. The van der Waals surface area contributed by atoms with Gasteiger partial charge in [0.2, 0.25) is 0 Å². The SMILES string of the molecule is N#CC(C#N)=CNc1ccc(Oc2ccccc2Cl)cc1. The largest absolute Gasteiger partial charge is 0.456 e. The first-order valence-electron chi connectivity index (χ1n) is 6.02. The van der Waals surface area contributed by atoms with Crippen LogP contribution in [0.2, 0.25) is 5.02 Å². The van der Waals surface area contributed by atoms with E-state index in [1.165, 1.54) is 6.20 Å². The number of anilines is 1. The minimum atomic E-state index is 0.00592. The van der Waals surface area contributed by atoms with Gasteiger partial charge in [-0.3, -0.25) is 0 Å². The van der Waals surface area contributed by atoms with Crippen LogP contribution < -0.4 is 10.1 Å². The van der Waals surface area contributed by atoms with E-state index in [0.29, 0.717) is 16.5 Å². The van der Waals surface area contributed by atoms with E-state index in [1.54, 1.807) is 48.5 Å². The molecule has 2 rings (SSSR count). The van der Waals surface area contributed by atoms with Gasteiger partial charge in [0.1, 0.15) is 29.2 Å². The minimum Gasteiger partial charge on any atom is -0.456 e. The molecule has 0 bridgehead atoms. The van der Waals surface area contributed by atoms with Gasteiger partial charge in [-0.1, -0.05) is 23.7 Å². The highest BCUT2D eigenvalue weighted by molar-refractivity contribution is 6.32. The highest BCUT2D eigenvalue weighted by Crippen LogP contribution is 2.29. The lowest BCUT2D eigenvalue weighted by atomic mass is 10.3. The van der Waals surface area contributed by atoms with Crippen molar-refractivity contribution in [1.29, 1.82) is 10.5 Å². The quantitative estimate of drug-likeness (QED) is 0.845.